The van der Waals surface area contributed by atoms with Crippen LogP contribution in [0.5, 0.6) is 0 Å². The first-order chi connectivity index (χ1) is 12.4. The molecule has 1 saturated heterocycles. The van der Waals surface area contributed by atoms with Gasteiger partial charge in [0.1, 0.15) is 34.7 Å². The van der Waals surface area contributed by atoms with Crippen molar-refractivity contribution in [1.82, 2.24) is 19.6 Å². The smallest absolute Gasteiger partial charge is 0.255 e. The van der Waals surface area contributed by atoms with Crippen molar-refractivity contribution in [3.05, 3.63) is 52.7 Å². The van der Waals surface area contributed by atoms with E-state index in [-0.39, 0.29) is 16.6 Å². The molecule has 0 N–H and O–H groups in total. The molecule has 0 spiro atoms. The van der Waals surface area contributed by atoms with E-state index in [1.165, 1.54) is 10.8 Å². The van der Waals surface area contributed by atoms with Gasteiger partial charge in [-0.05, 0) is 18.8 Å². The van der Waals surface area contributed by atoms with Crippen LogP contribution in [0.1, 0.15) is 31.4 Å². The second-order valence-electron chi connectivity index (χ2n) is 6.53. The van der Waals surface area contributed by atoms with E-state index in [1.807, 2.05) is 11.8 Å². The molecule has 1 fully saturated rings. The average Bonchev–Trinajstić information content (AvgIpc) is 3.01. The fourth-order valence-electron chi connectivity index (χ4n) is 3.53. The van der Waals surface area contributed by atoms with E-state index < -0.39 is 23.5 Å². The van der Waals surface area contributed by atoms with E-state index in [2.05, 4.69) is 15.1 Å². The van der Waals surface area contributed by atoms with Gasteiger partial charge in [-0.3, -0.25) is 0 Å². The number of halogens is 4. The highest BCUT2D eigenvalue weighted by Crippen LogP contribution is 2.40. The SMILES string of the molecule is CC1CCN(c2cc(Cl)nc3ncnn23)C(c2c(F)cc(F)cc2F)C1. The first-order valence-electron chi connectivity index (χ1n) is 8.21. The number of fused-ring (bicyclic) bond motifs is 1. The molecule has 0 saturated carbocycles. The van der Waals surface area contributed by atoms with Crippen LogP contribution < -0.4 is 4.90 Å². The van der Waals surface area contributed by atoms with Crippen LogP contribution in [-0.4, -0.2) is 26.1 Å². The third-order valence-electron chi connectivity index (χ3n) is 4.74. The van der Waals surface area contributed by atoms with Gasteiger partial charge in [0.2, 0.25) is 0 Å². The molecule has 0 aliphatic carbocycles. The van der Waals surface area contributed by atoms with Gasteiger partial charge in [0.15, 0.2) is 0 Å². The highest BCUT2D eigenvalue weighted by Gasteiger charge is 2.34. The predicted molar refractivity (Wildman–Crippen MR) is 90.6 cm³/mol. The van der Waals surface area contributed by atoms with E-state index >= 15 is 0 Å². The van der Waals surface area contributed by atoms with Crippen molar-refractivity contribution in [1.29, 1.82) is 0 Å². The zero-order valence-corrected chi connectivity index (χ0v) is 14.6. The van der Waals surface area contributed by atoms with Gasteiger partial charge >= 0.3 is 0 Å². The summed E-state index contributed by atoms with van der Waals surface area (Å²) >= 11 is 6.09. The number of hydrogen-bond acceptors (Lipinski definition) is 4. The number of nitrogens with zero attached hydrogens (tertiary/aromatic N) is 5. The molecule has 26 heavy (non-hydrogen) atoms. The summed E-state index contributed by atoms with van der Waals surface area (Å²) in [5, 5.41) is 4.34. The maximum Gasteiger partial charge on any atom is 0.255 e. The van der Waals surface area contributed by atoms with Crippen LogP contribution in [0.15, 0.2) is 24.5 Å². The lowest BCUT2D eigenvalue weighted by atomic mass is 9.87. The Hall–Kier alpha value is -2.35. The molecule has 136 valence electrons. The molecule has 0 amide bonds. The number of anilines is 1. The monoisotopic (exact) mass is 381 g/mol. The molecule has 3 heterocycles. The van der Waals surface area contributed by atoms with Crippen molar-refractivity contribution in [3.8, 4) is 0 Å². The molecule has 1 aliphatic rings. The first kappa shape index (κ1) is 17.1. The van der Waals surface area contributed by atoms with E-state index in [1.54, 1.807) is 6.07 Å². The fourth-order valence-corrected chi connectivity index (χ4v) is 3.71. The van der Waals surface area contributed by atoms with Crippen molar-refractivity contribution >= 4 is 23.2 Å². The van der Waals surface area contributed by atoms with Crippen LogP contribution >= 0.6 is 11.6 Å². The summed E-state index contributed by atoms with van der Waals surface area (Å²) in [4.78, 5) is 9.94. The molecule has 2 atom stereocenters. The molecule has 1 aromatic carbocycles. The minimum Gasteiger partial charge on any atom is -0.349 e. The Morgan fingerprint density at radius 2 is 1.88 bits per heavy atom. The van der Waals surface area contributed by atoms with Crippen LogP contribution in [0.4, 0.5) is 19.0 Å². The predicted octanol–water partition coefficient (Wildman–Crippen LogP) is 4.17. The molecule has 3 aromatic rings. The van der Waals surface area contributed by atoms with Gasteiger partial charge in [0, 0.05) is 30.3 Å². The van der Waals surface area contributed by atoms with Crippen LogP contribution in [-0.2, 0) is 0 Å². The van der Waals surface area contributed by atoms with Gasteiger partial charge in [0.05, 0.1) is 6.04 Å². The molecular formula is C17H15ClF3N5. The Labute approximate surface area is 152 Å². The molecule has 0 radical (unpaired) electrons. The number of aromatic nitrogens is 4. The summed E-state index contributed by atoms with van der Waals surface area (Å²) in [5.41, 5.74) is -0.154. The zero-order valence-electron chi connectivity index (χ0n) is 13.8. The van der Waals surface area contributed by atoms with Gasteiger partial charge < -0.3 is 4.90 Å². The maximum atomic E-state index is 14.5. The largest absolute Gasteiger partial charge is 0.349 e. The summed E-state index contributed by atoms with van der Waals surface area (Å²) in [7, 11) is 0. The summed E-state index contributed by atoms with van der Waals surface area (Å²) in [6.45, 7) is 2.56. The van der Waals surface area contributed by atoms with Crippen LogP contribution in [0, 0.1) is 23.4 Å². The normalized spacial score (nSPS) is 20.7. The third-order valence-corrected chi connectivity index (χ3v) is 4.93. The summed E-state index contributed by atoms with van der Waals surface area (Å²) in [5.74, 6) is -1.65. The lowest BCUT2D eigenvalue weighted by Gasteiger charge is -2.40. The van der Waals surface area contributed by atoms with E-state index in [0.717, 1.165) is 6.42 Å². The Morgan fingerprint density at radius 3 is 2.62 bits per heavy atom. The standard InChI is InChI=1S/C17H15ClF3N5/c1-9-2-3-25(15-7-14(18)24-17-22-8-23-26(15)17)13(4-9)16-11(20)5-10(19)6-12(16)21/h5-9,13H,2-4H2,1H3. The van der Waals surface area contributed by atoms with Gasteiger partial charge in [-0.1, -0.05) is 18.5 Å². The number of hydrogen-bond donors (Lipinski definition) is 0. The molecule has 1 aliphatic heterocycles. The fraction of sp³-hybridized carbons (Fsp3) is 0.353. The topological polar surface area (TPSA) is 46.3 Å². The Morgan fingerprint density at radius 1 is 1.15 bits per heavy atom. The second kappa shape index (κ2) is 6.42. The quantitative estimate of drug-likeness (QED) is 0.625. The molecule has 2 unspecified atom stereocenters. The zero-order chi connectivity index (χ0) is 18.4. The van der Waals surface area contributed by atoms with Gasteiger partial charge in [-0.25, -0.2) is 13.2 Å². The highest BCUT2D eigenvalue weighted by molar-refractivity contribution is 6.29. The molecule has 4 rings (SSSR count). The van der Waals surface area contributed by atoms with E-state index in [0.29, 0.717) is 36.7 Å². The molecular weight excluding hydrogens is 367 g/mol. The lowest BCUT2D eigenvalue weighted by molar-refractivity contribution is 0.349. The number of benzene rings is 1. The minimum atomic E-state index is -0.940. The highest BCUT2D eigenvalue weighted by atomic mass is 35.5. The van der Waals surface area contributed by atoms with Crippen molar-refractivity contribution in [3.63, 3.8) is 0 Å². The van der Waals surface area contributed by atoms with Gasteiger partial charge in [-0.2, -0.15) is 19.6 Å². The average molecular weight is 382 g/mol. The van der Waals surface area contributed by atoms with Gasteiger partial charge in [0.25, 0.3) is 5.78 Å². The number of rotatable bonds is 2. The van der Waals surface area contributed by atoms with E-state index in [4.69, 9.17) is 11.6 Å². The summed E-state index contributed by atoms with van der Waals surface area (Å²) in [6.07, 6.45) is 2.68. The van der Waals surface area contributed by atoms with E-state index in [9.17, 15) is 13.2 Å². The van der Waals surface area contributed by atoms with Crippen molar-refractivity contribution in [2.24, 2.45) is 5.92 Å². The van der Waals surface area contributed by atoms with Crippen molar-refractivity contribution in [2.75, 3.05) is 11.4 Å². The molecule has 5 nitrogen and oxygen atoms in total. The lowest BCUT2D eigenvalue weighted by Crippen LogP contribution is -2.38. The van der Waals surface area contributed by atoms with Crippen LogP contribution in [0.25, 0.3) is 5.78 Å². The second-order valence-corrected chi connectivity index (χ2v) is 6.92. The molecule has 9 heteroatoms. The third kappa shape index (κ3) is 2.88. The van der Waals surface area contributed by atoms with Crippen molar-refractivity contribution < 1.29 is 13.2 Å². The first-order valence-corrected chi connectivity index (χ1v) is 8.59. The van der Waals surface area contributed by atoms with Gasteiger partial charge in [-0.15, -0.1) is 0 Å². The van der Waals surface area contributed by atoms with Crippen LogP contribution in [0.2, 0.25) is 5.15 Å². The summed E-state index contributed by atoms with van der Waals surface area (Å²) < 4.78 is 43.8. The number of piperidine rings is 1. The Kier molecular flexibility index (Phi) is 4.22. The molecule has 0 bridgehead atoms. The Balaban J connectivity index is 1.87. The van der Waals surface area contributed by atoms with Crippen molar-refractivity contribution in [2.45, 2.75) is 25.8 Å². The summed E-state index contributed by atoms with van der Waals surface area (Å²) in [6, 6.07) is 2.39. The maximum absolute atomic E-state index is 14.5. The molecule has 2 aromatic heterocycles. The van der Waals surface area contributed by atoms with Crippen LogP contribution in [0.3, 0.4) is 0 Å². The Bertz CT molecular complexity index is 953. The minimum absolute atomic E-state index is 0.154.